The average Bonchev–Trinajstić information content (AvgIpc) is 3.38. The van der Waals surface area contributed by atoms with Gasteiger partial charge in [-0.3, -0.25) is 9.59 Å². The molecule has 0 N–H and O–H groups in total. The molecule has 0 aliphatic heterocycles. The fraction of sp³-hybridized carbons (Fsp3) is 0.529. The number of benzene rings is 1. The lowest BCUT2D eigenvalue weighted by Gasteiger charge is -2.25. The first kappa shape index (κ1) is 16.3. The van der Waals surface area contributed by atoms with E-state index in [9.17, 15) is 9.59 Å². The number of carbonyl (C=O) groups is 2. The summed E-state index contributed by atoms with van der Waals surface area (Å²) in [4.78, 5) is 25.8. The Morgan fingerprint density at radius 3 is 2.36 bits per heavy atom. The van der Waals surface area contributed by atoms with Gasteiger partial charge in [-0.15, -0.1) is 0 Å². The first-order chi connectivity index (χ1) is 10.5. The maximum absolute atomic E-state index is 12.4. The van der Waals surface area contributed by atoms with Crippen LogP contribution in [0.1, 0.15) is 25.3 Å². The molecule has 1 saturated carbocycles. The monoisotopic (exact) mass is 305 g/mol. The van der Waals surface area contributed by atoms with Gasteiger partial charge in [0, 0.05) is 19.0 Å². The van der Waals surface area contributed by atoms with E-state index in [0.29, 0.717) is 13.1 Å². The number of amides is 1. The molecule has 0 bridgehead atoms. The van der Waals surface area contributed by atoms with Crippen LogP contribution < -0.4 is 4.74 Å². The van der Waals surface area contributed by atoms with Crippen LogP contribution in [0.3, 0.4) is 0 Å². The molecule has 120 valence electrons. The maximum atomic E-state index is 12.4. The van der Waals surface area contributed by atoms with Crippen molar-refractivity contribution >= 4 is 11.9 Å². The Hall–Kier alpha value is -2.04. The first-order valence-corrected chi connectivity index (χ1v) is 7.54. The minimum atomic E-state index is -0.328. The van der Waals surface area contributed by atoms with Crippen molar-refractivity contribution in [2.75, 3.05) is 20.8 Å². The van der Waals surface area contributed by atoms with Crippen LogP contribution in [0.4, 0.5) is 0 Å². The van der Waals surface area contributed by atoms with E-state index in [2.05, 4.69) is 0 Å². The van der Waals surface area contributed by atoms with Crippen LogP contribution in [0.5, 0.6) is 5.75 Å². The summed E-state index contributed by atoms with van der Waals surface area (Å²) in [7, 11) is 2.99. The van der Waals surface area contributed by atoms with Crippen molar-refractivity contribution in [1.29, 1.82) is 0 Å². The molecule has 0 saturated heterocycles. The van der Waals surface area contributed by atoms with Crippen LogP contribution >= 0.6 is 0 Å². The standard InChI is InChI=1S/C17H23NO4/c1-12(17(20)22-3)10-18(16(19)14-6-7-14)11-13-4-8-15(21-2)9-5-13/h4-5,8-9,12,14H,6-7,10-11H2,1-3H3. The molecule has 0 radical (unpaired) electrons. The molecular weight excluding hydrogens is 282 g/mol. The Bertz CT molecular complexity index is 522. The molecule has 1 fully saturated rings. The van der Waals surface area contributed by atoms with Crippen LogP contribution in [0.15, 0.2) is 24.3 Å². The van der Waals surface area contributed by atoms with E-state index in [1.165, 1.54) is 7.11 Å². The van der Waals surface area contributed by atoms with Gasteiger partial charge < -0.3 is 14.4 Å². The summed E-state index contributed by atoms with van der Waals surface area (Å²) < 4.78 is 9.89. The lowest BCUT2D eigenvalue weighted by molar-refractivity contribution is -0.146. The van der Waals surface area contributed by atoms with E-state index >= 15 is 0 Å². The van der Waals surface area contributed by atoms with Gasteiger partial charge in [-0.2, -0.15) is 0 Å². The van der Waals surface area contributed by atoms with Crippen LogP contribution in [0.25, 0.3) is 0 Å². The highest BCUT2D eigenvalue weighted by atomic mass is 16.5. The molecule has 2 rings (SSSR count). The topological polar surface area (TPSA) is 55.8 Å². The molecule has 0 aromatic heterocycles. The Morgan fingerprint density at radius 2 is 1.86 bits per heavy atom. The normalized spacial score (nSPS) is 15.0. The van der Waals surface area contributed by atoms with Crippen molar-refractivity contribution in [3.05, 3.63) is 29.8 Å². The summed E-state index contributed by atoms with van der Waals surface area (Å²) >= 11 is 0. The van der Waals surface area contributed by atoms with Crippen molar-refractivity contribution < 1.29 is 19.1 Å². The van der Waals surface area contributed by atoms with Crippen molar-refractivity contribution in [2.45, 2.75) is 26.3 Å². The molecule has 1 aromatic rings. The molecule has 5 heteroatoms. The Kier molecular flexibility index (Phi) is 5.41. The van der Waals surface area contributed by atoms with Crippen LogP contribution in [-0.4, -0.2) is 37.5 Å². The Morgan fingerprint density at radius 1 is 1.23 bits per heavy atom. The number of nitrogens with zero attached hydrogens (tertiary/aromatic N) is 1. The highest BCUT2D eigenvalue weighted by Crippen LogP contribution is 2.32. The van der Waals surface area contributed by atoms with Crippen molar-refractivity contribution in [2.24, 2.45) is 11.8 Å². The molecule has 1 amide bonds. The zero-order valence-electron chi connectivity index (χ0n) is 13.4. The second-order valence-electron chi connectivity index (χ2n) is 5.77. The summed E-state index contributed by atoms with van der Waals surface area (Å²) in [5, 5.41) is 0. The zero-order chi connectivity index (χ0) is 16.1. The van der Waals surface area contributed by atoms with Gasteiger partial charge in [0.15, 0.2) is 0 Å². The van der Waals surface area contributed by atoms with Gasteiger partial charge in [0.05, 0.1) is 20.1 Å². The average molecular weight is 305 g/mol. The number of carbonyl (C=O) groups excluding carboxylic acids is 2. The predicted molar refractivity (Wildman–Crippen MR) is 82.3 cm³/mol. The van der Waals surface area contributed by atoms with Crippen molar-refractivity contribution in [1.82, 2.24) is 4.90 Å². The van der Waals surface area contributed by atoms with Gasteiger partial charge in [-0.25, -0.2) is 0 Å². The van der Waals surface area contributed by atoms with Gasteiger partial charge in [0.1, 0.15) is 5.75 Å². The quantitative estimate of drug-likeness (QED) is 0.725. The van der Waals surface area contributed by atoms with Gasteiger partial charge >= 0.3 is 5.97 Å². The zero-order valence-corrected chi connectivity index (χ0v) is 13.4. The van der Waals surface area contributed by atoms with Gasteiger partial charge in [0.25, 0.3) is 0 Å². The van der Waals surface area contributed by atoms with Crippen molar-refractivity contribution in [3.63, 3.8) is 0 Å². The summed E-state index contributed by atoms with van der Waals surface area (Å²) in [5.41, 5.74) is 1.02. The molecule has 1 aromatic carbocycles. The summed E-state index contributed by atoms with van der Waals surface area (Å²) in [5.74, 6) is 0.427. The largest absolute Gasteiger partial charge is 0.497 e. The number of ether oxygens (including phenoxy) is 2. The first-order valence-electron chi connectivity index (χ1n) is 7.54. The molecule has 1 unspecified atom stereocenters. The second-order valence-corrected chi connectivity index (χ2v) is 5.77. The van der Waals surface area contributed by atoms with Crippen LogP contribution in [0.2, 0.25) is 0 Å². The van der Waals surface area contributed by atoms with Gasteiger partial charge in [-0.1, -0.05) is 19.1 Å². The molecule has 0 spiro atoms. The van der Waals surface area contributed by atoms with E-state index in [0.717, 1.165) is 24.2 Å². The summed E-state index contributed by atoms with van der Waals surface area (Å²) in [6.45, 7) is 2.67. The molecule has 22 heavy (non-hydrogen) atoms. The number of hydrogen-bond donors (Lipinski definition) is 0. The van der Waals surface area contributed by atoms with E-state index in [4.69, 9.17) is 9.47 Å². The predicted octanol–water partition coefficient (Wildman–Crippen LogP) is 2.24. The molecule has 0 heterocycles. The number of esters is 1. The lowest BCUT2D eigenvalue weighted by Crippen LogP contribution is -2.37. The smallest absolute Gasteiger partial charge is 0.310 e. The minimum absolute atomic E-state index is 0.128. The highest BCUT2D eigenvalue weighted by molar-refractivity contribution is 5.82. The SMILES string of the molecule is COC(=O)C(C)CN(Cc1ccc(OC)cc1)C(=O)C1CC1. The number of rotatable bonds is 7. The van der Waals surface area contributed by atoms with E-state index < -0.39 is 0 Å². The third-order valence-electron chi connectivity index (χ3n) is 3.87. The third kappa shape index (κ3) is 4.23. The highest BCUT2D eigenvalue weighted by Gasteiger charge is 2.34. The van der Waals surface area contributed by atoms with E-state index in [-0.39, 0.29) is 23.7 Å². The second kappa shape index (κ2) is 7.29. The summed E-state index contributed by atoms with van der Waals surface area (Å²) in [6.07, 6.45) is 1.90. The number of methoxy groups -OCH3 is 2. The lowest BCUT2D eigenvalue weighted by atomic mass is 10.1. The fourth-order valence-electron chi connectivity index (χ4n) is 2.38. The van der Waals surface area contributed by atoms with Crippen molar-refractivity contribution in [3.8, 4) is 5.75 Å². The minimum Gasteiger partial charge on any atom is -0.497 e. The third-order valence-corrected chi connectivity index (χ3v) is 3.87. The Balaban J connectivity index is 2.06. The van der Waals surface area contributed by atoms with Crippen LogP contribution in [0, 0.1) is 11.8 Å². The Labute approximate surface area is 131 Å². The molecule has 1 atom stereocenters. The maximum Gasteiger partial charge on any atom is 0.310 e. The van der Waals surface area contributed by atoms with E-state index in [1.807, 2.05) is 24.3 Å². The molecule has 5 nitrogen and oxygen atoms in total. The molecule has 1 aliphatic carbocycles. The number of hydrogen-bond acceptors (Lipinski definition) is 4. The van der Waals surface area contributed by atoms with Gasteiger partial charge in [0.2, 0.25) is 5.91 Å². The fourth-order valence-corrected chi connectivity index (χ4v) is 2.38. The van der Waals surface area contributed by atoms with Crippen LogP contribution in [-0.2, 0) is 20.9 Å². The molecular formula is C17H23NO4. The van der Waals surface area contributed by atoms with E-state index in [1.54, 1.807) is 18.9 Å². The summed E-state index contributed by atoms with van der Waals surface area (Å²) in [6, 6.07) is 7.63. The van der Waals surface area contributed by atoms with Gasteiger partial charge in [-0.05, 0) is 30.5 Å². The molecule has 1 aliphatic rings.